The topological polar surface area (TPSA) is 30.2 Å². The first-order valence-electron chi connectivity index (χ1n) is 4.35. The van der Waals surface area contributed by atoms with Crippen molar-refractivity contribution in [2.45, 2.75) is 18.8 Å². The Morgan fingerprint density at radius 1 is 1.46 bits per heavy atom. The van der Waals surface area contributed by atoms with Gasteiger partial charge in [0.15, 0.2) is 10.8 Å². The molecule has 0 atom stereocenters. The molecule has 2 aromatic heterocycles. The zero-order valence-electron chi connectivity index (χ0n) is 6.94. The first-order valence-corrected chi connectivity index (χ1v) is 4.73. The van der Waals surface area contributed by atoms with Crippen LogP contribution in [-0.4, -0.2) is 14.6 Å². The van der Waals surface area contributed by atoms with E-state index in [1.54, 1.807) is 10.7 Å². The highest BCUT2D eigenvalue weighted by Crippen LogP contribution is 2.42. The zero-order chi connectivity index (χ0) is 8.84. The smallest absolute Gasteiger partial charge is 0.155 e. The van der Waals surface area contributed by atoms with Gasteiger partial charge in [-0.25, -0.2) is 9.50 Å². The van der Waals surface area contributed by atoms with Crippen LogP contribution in [0.1, 0.15) is 24.5 Å². The van der Waals surface area contributed by atoms with Gasteiger partial charge in [-0.3, -0.25) is 0 Å². The number of rotatable bonds is 1. The van der Waals surface area contributed by atoms with E-state index in [4.69, 9.17) is 11.6 Å². The van der Waals surface area contributed by atoms with Crippen molar-refractivity contribution in [1.29, 1.82) is 0 Å². The molecule has 2 heterocycles. The largest absolute Gasteiger partial charge is 0.230 e. The lowest BCUT2D eigenvalue weighted by Gasteiger charge is -1.91. The summed E-state index contributed by atoms with van der Waals surface area (Å²) in [6, 6.07) is 3.79. The van der Waals surface area contributed by atoms with Crippen molar-refractivity contribution in [2.75, 3.05) is 0 Å². The van der Waals surface area contributed by atoms with E-state index in [0.29, 0.717) is 11.1 Å². The van der Waals surface area contributed by atoms with Gasteiger partial charge in [-0.1, -0.05) is 11.6 Å². The lowest BCUT2D eigenvalue weighted by Crippen LogP contribution is -1.88. The fourth-order valence-corrected chi connectivity index (χ4v) is 1.82. The van der Waals surface area contributed by atoms with Gasteiger partial charge in [0.25, 0.3) is 0 Å². The Balaban J connectivity index is 2.30. The molecule has 0 radical (unpaired) electrons. The molecule has 2 aromatic rings. The number of aromatic nitrogens is 3. The standard InChI is InChI=1S/C9H8ClN3/c10-9-8(6-3-4-6)12-7-2-1-5-11-13(7)9/h1-2,5-6H,3-4H2. The Labute approximate surface area is 80.3 Å². The summed E-state index contributed by atoms with van der Waals surface area (Å²) in [5.41, 5.74) is 1.86. The molecule has 1 aliphatic rings. The van der Waals surface area contributed by atoms with E-state index >= 15 is 0 Å². The fourth-order valence-electron chi connectivity index (χ4n) is 1.49. The zero-order valence-corrected chi connectivity index (χ0v) is 7.70. The molecule has 0 unspecified atom stereocenters. The number of hydrogen-bond acceptors (Lipinski definition) is 2. The molecule has 0 spiro atoms. The van der Waals surface area contributed by atoms with E-state index in [-0.39, 0.29) is 0 Å². The molecule has 1 fully saturated rings. The summed E-state index contributed by atoms with van der Waals surface area (Å²) in [7, 11) is 0. The van der Waals surface area contributed by atoms with Crippen LogP contribution in [0.4, 0.5) is 0 Å². The molecule has 13 heavy (non-hydrogen) atoms. The van der Waals surface area contributed by atoms with Gasteiger partial charge in [-0.05, 0) is 25.0 Å². The monoisotopic (exact) mass is 193 g/mol. The second-order valence-electron chi connectivity index (χ2n) is 3.36. The van der Waals surface area contributed by atoms with Crippen molar-refractivity contribution >= 4 is 17.2 Å². The maximum absolute atomic E-state index is 6.13. The molecule has 1 aliphatic carbocycles. The third-order valence-electron chi connectivity index (χ3n) is 2.33. The number of imidazole rings is 1. The van der Waals surface area contributed by atoms with Gasteiger partial charge < -0.3 is 0 Å². The van der Waals surface area contributed by atoms with Crippen molar-refractivity contribution < 1.29 is 0 Å². The van der Waals surface area contributed by atoms with Gasteiger partial charge in [-0.15, -0.1) is 0 Å². The number of fused-ring (bicyclic) bond motifs is 1. The molecule has 1 saturated carbocycles. The summed E-state index contributed by atoms with van der Waals surface area (Å²) in [6.07, 6.45) is 4.14. The molecule has 3 nitrogen and oxygen atoms in total. The number of hydrogen-bond donors (Lipinski definition) is 0. The first kappa shape index (κ1) is 7.33. The van der Waals surface area contributed by atoms with Gasteiger partial charge in [-0.2, -0.15) is 5.10 Å². The highest BCUT2D eigenvalue weighted by Gasteiger charge is 2.29. The van der Waals surface area contributed by atoms with Crippen molar-refractivity contribution in [3.05, 3.63) is 29.2 Å². The first-order chi connectivity index (χ1) is 6.36. The number of nitrogens with zero attached hydrogens (tertiary/aromatic N) is 3. The Morgan fingerprint density at radius 2 is 2.31 bits per heavy atom. The second-order valence-corrected chi connectivity index (χ2v) is 3.71. The molecule has 0 N–H and O–H groups in total. The van der Waals surface area contributed by atoms with Crippen LogP contribution >= 0.6 is 11.6 Å². The van der Waals surface area contributed by atoms with Crippen molar-refractivity contribution in [3.63, 3.8) is 0 Å². The average molecular weight is 194 g/mol. The Hall–Kier alpha value is -1.09. The molecule has 0 saturated heterocycles. The van der Waals surface area contributed by atoms with Crippen molar-refractivity contribution in [3.8, 4) is 0 Å². The molecule has 3 rings (SSSR count). The number of halogens is 1. The van der Waals surface area contributed by atoms with E-state index in [1.165, 1.54) is 12.8 Å². The minimum atomic E-state index is 0.578. The molecule has 66 valence electrons. The molecule has 0 aromatic carbocycles. The third-order valence-corrected chi connectivity index (χ3v) is 2.68. The van der Waals surface area contributed by atoms with Crippen LogP contribution in [0.5, 0.6) is 0 Å². The maximum Gasteiger partial charge on any atom is 0.155 e. The van der Waals surface area contributed by atoms with E-state index < -0.39 is 0 Å². The van der Waals surface area contributed by atoms with Crippen LogP contribution in [0.25, 0.3) is 5.65 Å². The predicted molar refractivity (Wildman–Crippen MR) is 50.0 cm³/mol. The van der Waals surface area contributed by atoms with E-state index in [2.05, 4.69) is 10.1 Å². The molecule has 4 heteroatoms. The predicted octanol–water partition coefficient (Wildman–Crippen LogP) is 2.26. The average Bonchev–Trinajstić information content (AvgIpc) is 2.94. The van der Waals surface area contributed by atoms with Crippen LogP contribution in [0.15, 0.2) is 18.3 Å². The van der Waals surface area contributed by atoms with Gasteiger partial charge in [0, 0.05) is 12.1 Å². The van der Waals surface area contributed by atoms with Crippen LogP contribution < -0.4 is 0 Å². The molecule has 0 aliphatic heterocycles. The molecule has 0 amide bonds. The minimum absolute atomic E-state index is 0.578. The van der Waals surface area contributed by atoms with Gasteiger partial charge in [0.1, 0.15) is 0 Å². The Bertz CT molecular complexity index is 459. The Kier molecular flexibility index (Phi) is 1.38. The molecule has 0 bridgehead atoms. The highest BCUT2D eigenvalue weighted by atomic mass is 35.5. The fraction of sp³-hybridized carbons (Fsp3) is 0.333. The summed E-state index contributed by atoms with van der Waals surface area (Å²) in [4.78, 5) is 4.44. The van der Waals surface area contributed by atoms with Crippen LogP contribution in [-0.2, 0) is 0 Å². The van der Waals surface area contributed by atoms with Crippen molar-refractivity contribution in [2.24, 2.45) is 0 Å². The van der Waals surface area contributed by atoms with Gasteiger partial charge >= 0.3 is 0 Å². The quantitative estimate of drug-likeness (QED) is 0.696. The summed E-state index contributed by atoms with van der Waals surface area (Å²) in [6.45, 7) is 0. The molecular formula is C9H8ClN3. The minimum Gasteiger partial charge on any atom is -0.230 e. The van der Waals surface area contributed by atoms with E-state index in [1.807, 2.05) is 12.1 Å². The van der Waals surface area contributed by atoms with Crippen LogP contribution in [0.3, 0.4) is 0 Å². The molecular weight excluding hydrogens is 186 g/mol. The van der Waals surface area contributed by atoms with Crippen molar-refractivity contribution in [1.82, 2.24) is 14.6 Å². The summed E-state index contributed by atoms with van der Waals surface area (Å²) >= 11 is 6.13. The normalized spacial score (nSPS) is 16.7. The van der Waals surface area contributed by atoms with E-state index in [0.717, 1.165) is 11.3 Å². The lowest BCUT2D eigenvalue weighted by molar-refractivity contribution is 0.931. The van der Waals surface area contributed by atoms with Gasteiger partial charge in [0.2, 0.25) is 0 Å². The maximum atomic E-state index is 6.13. The summed E-state index contributed by atoms with van der Waals surface area (Å²) in [5, 5.41) is 4.81. The van der Waals surface area contributed by atoms with Crippen LogP contribution in [0, 0.1) is 0 Å². The van der Waals surface area contributed by atoms with E-state index in [9.17, 15) is 0 Å². The highest BCUT2D eigenvalue weighted by molar-refractivity contribution is 6.30. The SMILES string of the molecule is Clc1c(C2CC2)nc2cccnn12. The Morgan fingerprint density at radius 3 is 3.00 bits per heavy atom. The van der Waals surface area contributed by atoms with Gasteiger partial charge in [0.05, 0.1) is 5.69 Å². The lowest BCUT2D eigenvalue weighted by atomic mass is 10.3. The second kappa shape index (κ2) is 2.45. The summed E-state index contributed by atoms with van der Waals surface area (Å²) in [5.74, 6) is 0.578. The van der Waals surface area contributed by atoms with Crippen LogP contribution in [0.2, 0.25) is 5.15 Å². The summed E-state index contributed by atoms with van der Waals surface area (Å²) < 4.78 is 1.69. The third kappa shape index (κ3) is 1.04.